The molecular weight excluding hydrogens is 280 g/mol. The van der Waals surface area contributed by atoms with Gasteiger partial charge in [0.05, 0.1) is 0 Å². The molecule has 0 amide bonds. The first kappa shape index (κ1) is 14.4. The van der Waals surface area contributed by atoms with Crippen molar-refractivity contribution in [3.8, 4) is 0 Å². The van der Waals surface area contributed by atoms with Gasteiger partial charge in [-0.3, -0.25) is 0 Å². The fraction of sp³-hybridized carbons (Fsp3) is 0.385. The Morgan fingerprint density at radius 1 is 1.42 bits per heavy atom. The zero-order valence-electron chi connectivity index (χ0n) is 11.2. The second kappa shape index (κ2) is 6.41. The van der Waals surface area contributed by atoms with Gasteiger partial charge in [-0.05, 0) is 29.5 Å². The van der Waals surface area contributed by atoms with Crippen LogP contribution in [0.25, 0.3) is 0 Å². The number of aryl methyl sites for hydroxylation is 1. The third-order valence-electron chi connectivity index (χ3n) is 2.60. The molecule has 2 aromatic rings. The smallest absolute Gasteiger partial charge is 0.195 e. The van der Waals surface area contributed by atoms with Crippen molar-refractivity contribution < 1.29 is 0 Å². The molecule has 1 heterocycles. The molecule has 0 unspecified atom stereocenters. The van der Waals surface area contributed by atoms with Gasteiger partial charge in [0.1, 0.15) is 6.33 Å². The molecule has 0 aliphatic carbocycles. The van der Waals surface area contributed by atoms with E-state index in [-0.39, 0.29) is 0 Å². The number of benzene rings is 1. The molecule has 0 aliphatic rings. The Balaban J connectivity index is 2.08. The lowest BCUT2D eigenvalue weighted by Crippen LogP contribution is -2.21. The summed E-state index contributed by atoms with van der Waals surface area (Å²) in [5.74, 6) is 0. The van der Waals surface area contributed by atoms with Crippen LogP contribution in [0.4, 0.5) is 0 Å². The van der Waals surface area contributed by atoms with Crippen LogP contribution in [0.15, 0.2) is 34.6 Å². The summed E-state index contributed by atoms with van der Waals surface area (Å²) in [5, 5.41) is 12.9. The van der Waals surface area contributed by atoms with Crippen molar-refractivity contribution >= 4 is 23.4 Å². The summed E-state index contributed by atoms with van der Waals surface area (Å²) in [6.07, 6.45) is 1.69. The molecule has 1 aromatic heterocycles. The van der Waals surface area contributed by atoms with Crippen molar-refractivity contribution in [1.29, 1.82) is 0 Å². The molecule has 0 aliphatic heterocycles. The van der Waals surface area contributed by atoms with Gasteiger partial charge in [-0.25, -0.2) is 0 Å². The number of nitrogens with one attached hydrogen (secondary N) is 1. The minimum atomic E-state index is 0.448. The fourth-order valence-corrected chi connectivity index (χ4v) is 2.63. The quantitative estimate of drug-likeness (QED) is 0.920. The van der Waals surface area contributed by atoms with E-state index in [9.17, 15) is 0 Å². The topological polar surface area (TPSA) is 42.7 Å². The molecule has 0 radical (unpaired) electrons. The van der Waals surface area contributed by atoms with E-state index in [0.717, 1.165) is 27.2 Å². The highest BCUT2D eigenvalue weighted by Crippen LogP contribution is 2.29. The third-order valence-corrected chi connectivity index (χ3v) is 4.00. The summed E-state index contributed by atoms with van der Waals surface area (Å²) < 4.78 is 1.88. The molecule has 0 atom stereocenters. The van der Waals surface area contributed by atoms with Gasteiger partial charge in [-0.15, -0.1) is 10.2 Å². The second-order valence-electron chi connectivity index (χ2n) is 4.62. The number of halogens is 1. The maximum Gasteiger partial charge on any atom is 0.195 e. The lowest BCUT2D eigenvalue weighted by molar-refractivity contribution is 0.589. The maximum atomic E-state index is 6.30. The molecule has 2 rings (SSSR count). The van der Waals surface area contributed by atoms with E-state index < -0.39 is 0 Å². The molecule has 0 saturated heterocycles. The van der Waals surface area contributed by atoms with E-state index in [2.05, 4.69) is 41.5 Å². The summed E-state index contributed by atoms with van der Waals surface area (Å²) in [6.45, 7) is 5.02. The van der Waals surface area contributed by atoms with E-state index in [1.165, 1.54) is 0 Å². The van der Waals surface area contributed by atoms with Crippen molar-refractivity contribution in [3.63, 3.8) is 0 Å². The first-order valence-corrected chi connectivity index (χ1v) is 7.29. The van der Waals surface area contributed by atoms with Gasteiger partial charge >= 0.3 is 0 Å². The van der Waals surface area contributed by atoms with E-state index in [1.807, 2.05) is 17.7 Å². The molecular formula is C13H17ClN4S. The van der Waals surface area contributed by atoms with E-state index in [0.29, 0.717) is 6.04 Å². The number of nitrogens with zero attached hydrogens (tertiary/aromatic N) is 3. The molecule has 0 bridgehead atoms. The van der Waals surface area contributed by atoms with Crippen LogP contribution >= 0.6 is 23.4 Å². The predicted molar refractivity (Wildman–Crippen MR) is 78.6 cm³/mol. The summed E-state index contributed by atoms with van der Waals surface area (Å²) in [5.41, 5.74) is 1.11. The largest absolute Gasteiger partial charge is 0.311 e. The fourth-order valence-electron chi connectivity index (χ4n) is 1.52. The van der Waals surface area contributed by atoms with Crippen molar-refractivity contribution in [3.05, 3.63) is 35.1 Å². The van der Waals surface area contributed by atoms with Crippen LogP contribution in [-0.2, 0) is 13.6 Å². The monoisotopic (exact) mass is 296 g/mol. The van der Waals surface area contributed by atoms with E-state index >= 15 is 0 Å². The molecule has 6 heteroatoms. The highest BCUT2D eigenvalue weighted by molar-refractivity contribution is 7.99. The standard InChI is InChI=1S/C13H17ClN4S/c1-9(2)15-7-10-4-5-11(6-12(10)14)19-13-17-16-8-18(13)3/h4-6,8-9,15H,7H2,1-3H3. The number of rotatable bonds is 5. The van der Waals surface area contributed by atoms with Gasteiger partial charge < -0.3 is 9.88 Å². The number of aromatic nitrogens is 3. The summed E-state index contributed by atoms with van der Waals surface area (Å²) in [7, 11) is 1.92. The molecule has 0 spiro atoms. The molecule has 0 saturated carbocycles. The highest BCUT2D eigenvalue weighted by Gasteiger charge is 2.07. The van der Waals surface area contributed by atoms with Crippen LogP contribution in [0, 0.1) is 0 Å². The van der Waals surface area contributed by atoms with Crippen molar-refractivity contribution in [2.75, 3.05) is 0 Å². The van der Waals surface area contributed by atoms with Crippen LogP contribution in [0.5, 0.6) is 0 Å². The summed E-state index contributed by atoms with van der Waals surface area (Å²) in [6, 6.07) is 6.53. The van der Waals surface area contributed by atoms with Crippen molar-refractivity contribution in [2.45, 2.75) is 36.5 Å². The molecule has 19 heavy (non-hydrogen) atoms. The minimum Gasteiger partial charge on any atom is -0.311 e. The second-order valence-corrected chi connectivity index (χ2v) is 6.06. The molecule has 102 valence electrons. The third kappa shape index (κ3) is 3.96. The van der Waals surface area contributed by atoms with Gasteiger partial charge in [-0.1, -0.05) is 31.5 Å². The normalized spacial score (nSPS) is 11.2. The molecule has 0 fully saturated rings. The Hall–Kier alpha value is -1.04. The predicted octanol–water partition coefficient (Wildman–Crippen LogP) is 3.12. The minimum absolute atomic E-state index is 0.448. The van der Waals surface area contributed by atoms with Crippen LogP contribution in [0.3, 0.4) is 0 Å². The highest BCUT2D eigenvalue weighted by atomic mass is 35.5. The lowest BCUT2D eigenvalue weighted by atomic mass is 10.2. The zero-order chi connectivity index (χ0) is 13.8. The van der Waals surface area contributed by atoms with Gasteiger partial charge in [0, 0.05) is 29.6 Å². The summed E-state index contributed by atoms with van der Waals surface area (Å²) >= 11 is 7.85. The Labute approximate surface area is 122 Å². The van der Waals surface area contributed by atoms with Crippen molar-refractivity contribution in [1.82, 2.24) is 20.1 Å². The Bertz CT molecular complexity index is 553. The Morgan fingerprint density at radius 2 is 2.21 bits per heavy atom. The van der Waals surface area contributed by atoms with Gasteiger partial charge in [0.15, 0.2) is 5.16 Å². The SMILES string of the molecule is CC(C)NCc1ccc(Sc2nncn2C)cc1Cl. The van der Waals surface area contributed by atoms with Crippen molar-refractivity contribution in [2.24, 2.45) is 7.05 Å². The number of hydrogen-bond donors (Lipinski definition) is 1. The molecule has 1 N–H and O–H groups in total. The lowest BCUT2D eigenvalue weighted by Gasteiger charge is -2.10. The Kier molecular flexibility index (Phi) is 4.85. The van der Waals surface area contributed by atoms with E-state index in [1.54, 1.807) is 18.1 Å². The average Bonchev–Trinajstić information content (AvgIpc) is 2.74. The summed E-state index contributed by atoms with van der Waals surface area (Å²) in [4.78, 5) is 1.06. The molecule has 4 nitrogen and oxygen atoms in total. The maximum absolute atomic E-state index is 6.30. The van der Waals surface area contributed by atoms with E-state index in [4.69, 9.17) is 11.6 Å². The first-order valence-electron chi connectivity index (χ1n) is 6.10. The van der Waals surface area contributed by atoms with Gasteiger partial charge in [0.2, 0.25) is 0 Å². The van der Waals surface area contributed by atoms with Crippen LogP contribution in [0.1, 0.15) is 19.4 Å². The van der Waals surface area contributed by atoms with Crippen LogP contribution in [-0.4, -0.2) is 20.8 Å². The Morgan fingerprint density at radius 3 is 2.79 bits per heavy atom. The first-order chi connectivity index (χ1) is 9.06. The van der Waals surface area contributed by atoms with Gasteiger partial charge in [-0.2, -0.15) is 0 Å². The molecule has 1 aromatic carbocycles. The zero-order valence-corrected chi connectivity index (χ0v) is 12.8. The van der Waals surface area contributed by atoms with Crippen LogP contribution in [0.2, 0.25) is 5.02 Å². The average molecular weight is 297 g/mol. The van der Waals surface area contributed by atoms with Crippen LogP contribution < -0.4 is 5.32 Å². The van der Waals surface area contributed by atoms with Gasteiger partial charge in [0.25, 0.3) is 0 Å². The number of hydrogen-bond acceptors (Lipinski definition) is 4.